The van der Waals surface area contributed by atoms with Crippen LogP contribution >= 0.6 is 0 Å². The summed E-state index contributed by atoms with van der Waals surface area (Å²) in [5.41, 5.74) is 14.7. The van der Waals surface area contributed by atoms with E-state index >= 15 is 0 Å². The molecule has 2 heterocycles. The fourth-order valence-corrected chi connectivity index (χ4v) is 2.39. The van der Waals surface area contributed by atoms with E-state index in [0.717, 1.165) is 22.5 Å². The molecule has 6 nitrogen and oxygen atoms in total. The number of aromatic nitrogens is 2. The topological polar surface area (TPSA) is 85.8 Å². The van der Waals surface area contributed by atoms with Crippen LogP contribution in [0.3, 0.4) is 0 Å². The Morgan fingerprint density at radius 1 is 1.04 bits per heavy atom. The molecule has 0 aliphatic carbocycles. The highest BCUT2D eigenvalue weighted by atomic mass is 15.3. The summed E-state index contributed by atoms with van der Waals surface area (Å²) in [4.78, 5) is 0. The van der Waals surface area contributed by atoms with Crippen LogP contribution in [0.1, 0.15) is 16.8 Å². The maximum atomic E-state index is 5.22. The molecule has 0 saturated carbocycles. The van der Waals surface area contributed by atoms with Crippen molar-refractivity contribution in [3.63, 3.8) is 0 Å². The Balaban J connectivity index is 1.77. The van der Waals surface area contributed by atoms with E-state index in [4.69, 9.17) is 11.5 Å². The number of fused-ring (bicyclic) bond motifs is 1. The summed E-state index contributed by atoms with van der Waals surface area (Å²) in [6.45, 7) is 0. The highest BCUT2D eigenvalue weighted by Crippen LogP contribution is 2.10. The molecule has 0 amide bonds. The third-order valence-corrected chi connectivity index (χ3v) is 3.63. The average molecular weight is 319 g/mol. The highest BCUT2D eigenvalue weighted by molar-refractivity contribution is 5.82. The van der Waals surface area contributed by atoms with Gasteiger partial charge in [0.1, 0.15) is 6.20 Å². The van der Waals surface area contributed by atoms with Crippen LogP contribution in [0.4, 0.5) is 0 Å². The molecule has 0 aliphatic heterocycles. The van der Waals surface area contributed by atoms with Crippen LogP contribution < -0.4 is 15.9 Å². The Labute approximate surface area is 140 Å². The molecule has 24 heavy (non-hydrogen) atoms. The largest absolute Gasteiger partial charge is 0.369 e. The molecule has 0 fully saturated rings. The number of pyridine rings is 1. The van der Waals surface area contributed by atoms with E-state index in [1.807, 2.05) is 42.6 Å². The SMILES string of the molecule is Cn1c(/C=C/c2ccc(/C=N/N=C(N)N)cc2)c[n+]2ccccc12. The molecule has 3 aromatic rings. The fraction of sp³-hybridized carbons (Fsp3) is 0.0556. The average Bonchev–Trinajstić information content (AvgIpc) is 2.90. The van der Waals surface area contributed by atoms with Crippen LogP contribution in [0.15, 0.2) is 65.1 Å². The lowest BCUT2D eigenvalue weighted by Crippen LogP contribution is -2.21. The van der Waals surface area contributed by atoms with Gasteiger partial charge in [0.25, 0.3) is 5.65 Å². The van der Waals surface area contributed by atoms with Crippen molar-refractivity contribution in [2.45, 2.75) is 0 Å². The van der Waals surface area contributed by atoms with Gasteiger partial charge in [-0.05, 0) is 23.3 Å². The van der Waals surface area contributed by atoms with Crippen molar-refractivity contribution in [2.24, 2.45) is 28.7 Å². The van der Waals surface area contributed by atoms with Crippen molar-refractivity contribution in [1.29, 1.82) is 0 Å². The summed E-state index contributed by atoms with van der Waals surface area (Å²) >= 11 is 0. The van der Waals surface area contributed by atoms with Crippen molar-refractivity contribution in [3.8, 4) is 0 Å². The molecular formula is C18H19N6+. The van der Waals surface area contributed by atoms with Crippen molar-refractivity contribution >= 4 is 30.0 Å². The van der Waals surface area contributed by atoms with Crippen LogP contribution in [-0.2, 0) is 7.05 Å². The molecule has 0 spiro atoms. The number of nitrogens with two attached hydrogens (primary N) is 2. The minimum atomic E-state index is -0.0568. The van der Waals surface area contributed by atoms with Gasteiger partial charge in [0, 0.05) is 6.07 Å². The minimum absolute atomic E-state index is 0.0568. The van der Waals surface area contributed by atoms with Gasteiger partial charge >= 0.3 is 0 Å². The van der Waals surface area contributed by atoms with Crippen LogP contribution in [-0.4, -0.2) is 16.7 Å². The van der Waals surface area contributed by atoms with E-state index in [1.165, 1.54) is 0 Å². The zero-order chi connectivity index (χ0) is 16.9. The predicted octanol–water partition coefficient (Wildman–Crippen LogP) is 1.54. The number of hydrogen-bond donors (Lipinski definition) is 2. The standard InChI is InChI=1S/C18H19N6/c1-23-16(13-24-11-3-2-4-17(23)24)10-9-14-5-7-15(8-6-14)12-21-22-18(19)20/h2-13H,1H3,(H4,19,20,22)/q+1/b10-9+,21-12+. The molecule has 2 aromatic heterocycles. The molecule has 0 unspecified atom stereocenters. The Kier molecular flexibility index (Phi) is 4.38. The zero-order valence-electron chi connectivity index (χ0n) is 13.4. The summed E-state index contributed by atoms with van der Waals surface area (Å²) in [5.74, 6) is -0.0568. The first-order chi connectivity index (χ1) is 11.6. The second-order valence-electron chi connectivity index (χ2n) is 5.35. The predicted molar refractivity (Wildman–Crippen MR) is 97.3 cm³/mol. The van der Waals surface area contributed by atoms with E-state index in [1.54, 1.807) is 6.21 Å². The molecular weight excluding hydrogens is 300 g/mol. The lowest BCUT2D eigenvalue weighted by atomic mass is 10.1. The van der Waals surface area contributed by atoms with E-state index in [2.05, 4.69) is 50.6 Å². The highest BCUT2D eigenvalue weighted by Gasteiger charge is 2.10. The number of nitrogens with zero attached hydrogens (tertiary/aromatic N) is 4. The number of hydrogen-bond acceptors (Lipinski definition) is 2. The van der Waals surface area contributed by atoms with Crippen LogP contribution in [0.2, 0.25) is 0 Å². The number of benzene rings is 1. The monoisotopic (exact) mass is 319 g/mol. The minimum Gasteiger partial charge on any atom is -0.369 e. The van der Waals surface area contributed by atoms with E-state index in [-0.39, 0.29) is 5.96 Å². The van der Waals surface area contributed by atoms with Crippen molar-refractivity contribution < 1.29 is 4.40 Å². The van der Waals surface area contributed by atoms with Gasteiger partial charge in [-0.15, -0.1) is 5.10 Å². The molecule has 3 rings (SSSR count). The first-order valence-corrected chi connectivity index (χ1v) is 7.49. The summed E-state index contributed by atoms with van der Waals surface area (Å²) in [6, 6.07) is 14.1. The molecule has 6 heteroatoms. The third-order valence-electron chi connectivity index (χ3n) is 3.63. The van der Waals surface area contributed by atoms with Gasteiger partial charge in [0.2, 0.25) is 5.96 Å². The molecule has 0 aliphatic rings. The summed E-state index contributed by atoms with van der Waals surface area (Å²) in [6.07, 6.45) is 9.91. The van der Waals surface area contributed by atoms with Gasteiger partial charge in [-0.3, -0.25) is 0 Å². The summed E-state index contributed by atoms with van der Waals surface area (Å²) < 4.78 is 4.25. The number of imidazole rings is 1. The Bertz CT molecular complexity index is 928. The van der Waals surface area contributed by atoms with Crippen LogP contribution in [0.25, 0.3) is 17.8 Å². The van der Waals surface area contributed by atoms with E-state index in [0.29, 0.717) is 0 Å². The zero-order valence-corrected chi connectivity index (χ0v) is 13.4. The van der Waals surface area contributed by atoms with E-state index < -0.39 is 0 Å². The van der Waals surface area contributed by atoms with Gasteiger partial charge < -0.3 is 11.5 Å². The molecule has 120 valence electrons. The van der Waals surface area contributed by atoms with Gasteiger partial charge in [-0.25, -0.2) is 8.97 Å². The Morgan fingerprint density at radius 2 is 1.79 bits per heavy atom. The van der Waals surface area contributed by atoms with Crippen molar-refractivity contribution in [1.82, 2.24) is 4.57 Å². The summed E-state index contributed by atoms with van der Waals surface area (Å²) in [5, 5.41) is 7.36. The lowest BCUT2D eigenvalue weighted by molar-refractivity contribution is -0.510. The molecule has 0 bridgehead atoms. The smallest absolute Gasteiger partial charge is 0.286 e. The van der Waals surface area contributed by atoms with Crippen molar-refractivity contribution in [2.75, 3.05) is 0 Å². The Morgan fingerprint density at radius 3 is 2.50 bits per heavy atom. The fourth-order valence-electron chi connectivity index (χ4n) is 2.39. The molecule has 1 aromatic carbocycles. The molecule has 0 radical (unpaired) electrons. The first kappa shape index (κ1) is 15.5. The van der Waals surface area contributed by atoms with Crippen LogP contribution in [0.5, 0.6) is 0 Å². The maximum Gasteiger partial charge on any atom is 0.286 e. The normalized spacial score (nSPS) is 11.5. The van der Waals surface area contributed by atoms with Gasteiger partial charge in [-0.2, -0.15) is 5.10 Å². The number of aryl methyl sites for hydroxylation is 1. The molecule has 0 saturated heterocycles. The van der Waals surface area contributed by atoms with Gasteiger partial charge in [0.05, 0.1) is 19.5 Å². The Hall–Kier alpha value is -3.41. The summed E-state index contributed by atoms with van der Waals surface area (Å²) in [7, 11) is 2.05. The lowest BCUT2D eigenvalue weighted by Gasteiger charge is -1.95. The van der Waals surface area contributed by atoms with Crippen LogP contribution in [0, 0.1) is 0 Å². The van der Waals surface area contributed by atoms with E-state index in [9.17, 15) is 0 Å². The molecule has 0 atom stereocenters. The maximum absolute atomic E-state index is 5.22. The second kappa shape index (κ2) is 6.78. The van der Waals surface area contributed by atoms with Gasteiger partial charge in [0.15, 0.2) is 5.69 Å². The molecule has 4 N–H and O–H groups in total. The quantitative estimate of drug-likeness (QED) is 0.331. The third kappa shape index (κ3) is 3.49. The second-order valence-corrected chi connectivity index (χ2v) is 5.35. The first-order valence-electron chi connectivity index (χ1n) is 7.49. The number of rotatable bonds is 4. The number of guanidine groups is 1. The van der Waals surface area contributed by atoms with Gasteiger partial charge in [-0.1, -0.05) is 36.4 Å². The van der Waals surface area contributed by atoms with Crippen molar-refractivity contribution in [3.05, 3.63) is 71.7 Å².